The number of carbonyl (C=O) groups is 1. The van der Waals surface area contributed by atoms with E-state index in [9.17, 15) is 4.79 Å². The third-order valence-electron chi connectivity index (χ3n) is 2.44. The zero-order chi connectivity index (χ0) is 9.28. The molecule has 0 amide bonds. The predicted octanol–water partition coefficient (Wildman–Crippen LogP) is 1.12. The molecule has 1 unspecified atom stereocenters. The Hall–Kier alpha value is -0.570. The summed E-state index contributed by atoms with van der Waals surface area (Å²) in [5, 5.41) is 17.7. The van der Waals surface area contributed by atoms with Crippen molar-refractivity contribution in [3.63, 3.8) is 0 Å². The first-order chi connectivity index (χ1) is 4.75. The van der Waals surface area contributed by atoms with Crippen LogP contribution in [0.1, 0.15) is 27.7 Å². The van der Waals surface area contributed by atoms with Crippen molar-refractivity contribution in [2.24, 2.45) is 10.8 Å². The predicted molar refractivity (Wildman–Crippen MR) is 42.3 cm³/mol. The lowest BCUT2D eigenvalue weighted by Crippen LogP contribution is -2.43. The normalized spacial score (nSPS) is 17.5. The maximum absolute atomic E-state index is 10.7. The van der Waals surface area contributed by atoms with Gasteiger partial charge in [-0.15, -0.1) is 0 Å². The monoisotopic (exact) mass is 160 g/mol. The van der Waals surface area contributed by atoms with Gasteiger partial charge in [-0.05, 0) is 12.3 Å². The fourth-order valence-electron chi connectivity index (χ4n) is 0.626. The van der Waals surface area contributed by atoms with Crippen LogP contribution in [0.15, 0.2) is 0 Å². The van der Waals surface area contributed by atoms with Gasteiger partial charge in [0.15, 0.2) is 0 Å². The first kappa shape index (κ1) is 10.4. The number of aliphatic carboxylic acids is 1. The third kappa shape index (κ3) is 1.71. The number of hydrogen-bond acceptors (Lipinski definition) is 2. The molecular formula is C8H16O3. The summed E-state index contributed by atoms with van der Waals surface area (Å²) in [4.78, 5) is 10.7. The SMILES string of the molecule is CC(C)(C)C(C)(CO)C(=O)O. The van der Waals surface area contributed by atoms with E-state index < -0.39 is 16.8 Å². The molecule has 0 aromatic carbocycles. The highest BCUT2D eigenvalue weighted by atomic mass is 16.4. The van der Waals surface area contributed by atoms with E-state index in [1.807, 2.05) is 0 Å². The van der Waals surface area contributed by atoms with Gasteiger partial charge in [0.1, 0.15) is 0 Å². The minimum Gasteiger partial charge on any atom is -0.481 e. The van der Waals surface area contributed by atoms with E-state index in [0.29, 0.717) is 0 Å². The van der Waals surface area contributed by atoms with Gasteiger partial charge in [-0.25, -0.2) is 0 Å². The van der Waals surface area contributed by atoms with Crippen LogP contribution in [0.4, 0.5) is 0 Å². The van der Waals surface area contributed by atoms with Gasteiger partial charge >= 0.3 is 5.97 Å². The Balaban J connectivity index is 4.75. The van der Waals surface area contributed by atoms with Gasteiger partial charge < -0.3 is 10.2 Å². The summed E-state index contributed by atoms with van der Waals surface area (Å²) in [6.45, 7) is 6.63. The summed E-state index contributed by atoms with van der Waals surface area (Å²) in [6, 6.07) is 0. The molecule has 11 heavy (non-hydrogen) atoms. The van der Waals surface area contributed by atoms with Crippen molar-refractivity contribution in [3.8, 4) is 0 Å². The van der Waals surface area contributed by atoms with Crippen LogP contribution >= 0.6 is 0 Å². The maximum Gasteiger partial charge on any atom is 0.312 e. The number of aliphatic hydroxyl groups is 1. The molecule has 0 aliphatic rings. The first-order valence-electron chi connectivity index (χ1n) is 3.60. The Morgan fingerprint density at radius 3 is 1.64 bits per heavy atom. The standard InChI is InChI=1S/C8H16O3/c1-7(2,3)8(4,5-9)6(10)11/h9H,5H2,1-4H3,(H,10,11). The Kier molecular flexibility index (Phi) is 2.67. The van der Waals surface area contributed by atoms with Crippen molar-refractivity contribution in [3.05, 3.63) is 0 Å². The number of hydrogen-bond donors (Lipinski definition) is 2. The molecule has 3 nitrogen and oxygen atoms in total. The second-order valence-electron chi connectivity index (χ2n) is 4.05. The summed E-state index contributed by atoms with van der Waals surface area (Å²) < 4.78 is 0. The molecule has 0 spiro atoms. The molecule has 0 aliphatic carbocycles. The Morgan fingerprint density at radius 1 is 1.27 bits per heavy atom. The molecule has 0 heterocycles. The van der Waals surface area contributed by atoms with Crippen molar-refractivity contribution in [1.29, 1.82) is 0 Å². The molecule has 1 atom stereocenters. The van der Waals surface area contributed by atoms with Gasteiger partial charge in [0.05, 0.1) is 12.0 Å². The third-order valence-corrected chi connectivity index (χ3v) is 2.44. The maximum atomic E-state index is 10.7. The smallest absolute Gasteiger partial charge is 0.312 e. The number of rotatable bonds is 2. The fourth-order valence-corrected chi connectivity index (χ4v) is 0.626. The van der Waals surface area contributed by atoms with Crippen molar-refractivity contribution < 1.29 is 15.0 Å². The highest BCUT2D eigenvalue weighted by Crippen LogP contribution is 2.37. The summed E-state index contributed by atoms with van der Waals surface area (Å²) in [6.07, 6.45) is 0. The van der Waals surface area contributed by atoms with Crippen molar-refractivity contribution >= 4 is 5.97 Å². The number of carboxylic acid groups (broad SMARTS) is 1. The van der Waals surface area contributed by atoms with Crippen molar-refractivity contribution in [2.75, 3.05) is 6.61 Å². The number of carboxylic acids is 1. The molecule has 0 radical (unpaired) electrons. The van der Waals surface area contributed by atoms with E-state index in [2.05, 4.69) is 0 Å². The molecule has 0 fully saturated rings. The van der Waals surface area contributed by atoms with Crippen LogP contribution in [0.5, 0.6) is 0 Å². The minimum absolute atomic E-state index is 0.328. The molecule has 3 heteroatoms. The topological polar surface area (TPSA) is 57.5 Å². The molecule has 0 aromatic rings. The number of aliphatic hydroxyl groups excluding tert-OH is 1. The van der Waals surface area contributed by atoms with Gasteiger partial charge in [0.2, 0.25) is 0 Å². The second-order valence-corrected chi connectivity index (χ2v) is 4.05. The lowest BCUT2D eigenvalue weighted by Gasteiger charge is -2.36. The van der Waals surface area contributed by atoms with Crippen LogP contribution in [0.3, 0.4) is 0 Å². The van der Waals surface area contributed by atoms with Gasteiger partial charge in [0.25, 0.3) is 0 Å². The molecule has 66 valence electrons. The summed E-state index contributed by atoms with van der Waals surface area (Å²) in [7, 11) is 0. The summed E-state index contributed by atoms with van der Waals surface area (Å²) in [5.74, 6) is -0.951. The van der Waals surface area contributed by atoms with Gasteiger partial charge in [-0.2, -0.15) is 0 Å². The van der Waals surface area contributed by atoms with Crippen molar-refractivity contribution in [1.82, 2.24) is 0 Å². The summed E-state index contributed by atoms with van der Waals surface area (Å²) >= 11 is 0. The average molecular weight is 160 g/mol. The largest absolute Gasteiger partial charge is 0.481 e. The van der Waals surface area contributed by atoms with Gasteiger partial charge in [-0.3, -0.25) is 4.79 Å². The molecule has 0 saturated heterocycles. The highest BCUT2D eigenvalue weighted by Gasteiger charge is 2.43. The van der Waals surface area contributed by atoms with Crippen LogP contribution in [-0.4, -0.2) is 22.8 Å². The Morgan fingerprint density at radius 2 is 1.64 bits per heavy atom. The van der Waals surface area contributed by atoms with E-state index in [1.54, 1.807) is 27.7 Å². The second kappa shape index (κ2) is 2.81. The average Bonchev–Trinajstić information content (AvgIpc) is 1.83. The van der Waals surface area contributed by atoms with Gasteiger partial charge in [-0.1, -0.05) is 20.8 Å². The van der Waals surface area contributed by atoms with E-state index in [0.717, 1.165) is 0 Å². The lowest BCUT2D eigenvalue weighted by atomic mass is 9.68. The van der Waals surface area contributed by atoms with Crippen molar-refractivity contribution in [2.45, 2.75) is 27.7 Å². The van der Waals surface area contributed by atoms with E-state index in [1.165, 1.54) is 0 Å². The molecule has 0 bridgehead atoms. The Bertz CT molecular complexity index is 157. The fraction of sp³-hybridized carbons (Fsp3) is 0.875. The molecule has 2 N–H and O–H groups in total. The zero-order valence-corrected chi connectivity index (χ0v) is 7.51. The highest BCUT2D eigenvalue weighted by molar-refractivity contribution is 5.75. The summed E-state index contributed by atoms with van der Waals surface area (Å²) in [5.41, 5.74) is -1.47. The molecule has 0 aliphatic heterocycles. The lowest BCUT2D eigenvalue weighted by molar-refractivity contribution is -0.158. The molecule has 0 saturated carbocycles. The van der Waals surface area contributed by atoms with Crippen LogP contribution in [0.2, 0.25) is 0 Å². The Labute approximate surface area is 67.0 Å². The quantitative estimate of drug-likeness (QED) is 0.636. The van der Waals surface area contributed by atoms with E-state index in [-0.39, 0.29) is 6.61 Å². The molecule has 0 aromatic heterocycles. The van der Waals surface area contributed by atoms with Crippen LogP contribution in [0, 0.1) is 10.8 Å². The first-order valence-corrected chi connectivity index (χ1v) is 3.60. The molecular weight excluding hydrogens is 144 g/mol. The van der Waals surface area contributed by atoms with E-state index in [4.69, 9.17) is 10.2 Å². The van der Waals surface area contributed by atoms with Gasteiger partial charge in [0, 0.05) is 0 Å². The van der Waals surface area contributed by atoms with Crippen LogP contribution < -0.4 is 0 Å². The van der Waals surface area contributed by atoms with Crippen LogP contribution in [0.25, 0.3) is 0 Å². The van der Waals surface area contributed by atoms with Crippen LogP contribution in [-0.2, 0) is 4.79 Å². The minimum atomic E-state index is -1.05. The zero-order valence-electron chi connectivity index (χ0n) is 7.51. The van der Waals surface area contributed by atoms with E-state index >= 15 is 0 Å². The molecule has 0 rings (SSSR count).